The lowest BCUT2D eigenvalue weighted by atomic mass is 10.1. The van der Waals surface area contributed by atoms with Crippen LogP contribution in [0.3, 0.4) is 0 Å². The van der Waals surface area contributed by atoms with Crippen LogP contribution in [0.1, 0.15) is 6.42 Å². The molecule has 2 heterocycles. The van der Waals surface area contributed by atoms with E-state index in [0.717, 1.165) is 0 Å². The third-order valence-corrected chi connectivity index (χ3v) is 7.64. The topological polar surface area (TPSA) is 71.9 Å². The summed E-state index contributed by atoms with van der Waals surface area (Å²) in [7, 11) is 0. The van der Waals surface area contributed by atoms with Gasteiger partial charge >= 0.3 is 36.2 Å². The van der Waals surface area contributed by atoms with Gasteiger partial charge < -0.3 is 19.7 Å². The SMILES string of the molecule is OC(N1CCCN(C(O)(C(F)(F)F)C(F)(F)F)CCN2CCOc3ccccc3OCCN(CC2)CC1)(C(F)(F)F)C(F)(F)F. The molecule has 0 aliphatic carbocycles. The summed E-state index contributed by atoms with van der Waals surface area (Å²) in [5.74, 6) is 0.471. The molecule has 1 aromatic carbocycles. The lowest BCUT2D eigenvalue weighted by Gasteiger charge is -2.43. The van der Waals surface area contributed by atoms with E-state index < -0.39 is 91.6 Å². The molecule has 0 radical (unpaired) electrons. The number of hydrogen-bond acceptors (Lipinski definition) is 8. The van der Waals surface area contributed by atoms with Gasteiger partial charge in [0.15, 0.2) is 11.5 Å². The van der Waals surface area contributed by atoms with E-state index in [-0.39, 0.29) is 50.9 Å². The number of alkyl halides is 12. The van der Waals surface area contributed by atoms with Crippen molar-refractivity contribution >= 4 is 0 Å². The normalized spacial score (nSPS) is 23.7. The number of aliphatic hydroxyl groups is 2. The fourth-order valence-electron chi connectivity index (χ4n) is 5.10. The van der Waals surface area contributed by atoms with Crippen molar-refractivity contribution in [2.75, 3.05) is 78.7 Å². The number of rotatable bonds is 2. The zero-order valence-corrected chi connectivity index (χ0v) is 23.5. The van der Waals surface area contributed by atoms with Gasteiger partial charge in [0, 0.05) is 65.4 Å². The summed E-state index contributed by atoms with van der Waals surface area (Å²) in [6.07, 6.45) is -26.6. The van der Waals surface area contributed by atoms with Crippen molar-refractivity contribution in [2.45, 2.75) is 42.6 Å². The molecule has 260 valence electrons. The largest absolute Gasteiger partial charge is 0.488 e. The summed E-state index contributed by atoms with van der Waals surface area (Å²) >= 11 is 0. The first kappa shape index (κ1) is 37.2. The predicted molar refractivity (Wildman–Crippen MR) is 132 cm³/mol. The van der Waals surface area contributed by atoms with Gasteiger partial charge in [0.2, 0.25) is 0 Å². The summed E-state index contributed by atoms with van der Waals surface area (Å²) in [5.41, 5.74) is -11.0. The van der Waals surface area contributed by atoms with Crippen LogP contribution in [0.4, 0.5) is 52.7 Å². The van der Waals surface area contributed by atoms with Crippen LogP contribution in [0.25, 0.3) is 0 Å². The second-order valence-corrected chi connectivity index (χ2v) is 10.5. The molecule has 0 aromatic heterocycles. The van der Waals surface area contributed by atoms with E-state index >= 15 is 0 Å². The number of benzene rings is 1. The number of hydrogen-bond donors (Lipinski definition) is 2. The molecular weight excluding hydrogens is 648 g/mol. The van der Waals surface area contributed by atoms with E-state index in [1.807, 2.05) is 0 Å². The minimum Gasteiger partial charge on any atom is -0.488 e. The van der Waals surface area contributed by atoms with E-state index in [1.165, 1.54) is 21.9 Å². The second kappa shape index (κ2) is 13.8. The Balaban J connectivity index is 2.06. The molecular formula is C25H32F12N4O4. The van der Waals surface area contributed by atoms with E-state index in [4.69, 9.17) is 9.47 Å². The molecule has 0 saturated carbocycles. The molecule has 1 fully saturated rings. The Morgan fingerprint density at radius 1 is 0.467 bits per heavy atom. The van der Waals surface area contributed by atoms with Crippen LogP contribution in [-0.2, 0) is 0 Å². The number of para-hydroxylation sites is 2. The zero-order chi connectivity index (χ0) is 33.9. The van der Waals surface area contributed by atoms with Gasteiger partial charge in [0.25, 0.3) is 0 Å². The molecule has 8 nitrogen and oxygen atoms in total. The van der Waals surface area contributed by atoms with Crippen molar-refractivity contribution < 1.29 is 72.4 Å². The Kier molecular flexibility index (Phi) is 11.4. The average molecular weight is 681 g/mol. The van der Waals surface area contributed by atoms with Gasteiger partial charge in [-0.05, 0) is 18.6 Å². The molecule has 2 N–H and O–H groups in total. The zero-order valence-electron chi connectivity index (χ0n) is 23.5. The maximum absolute atomic E-state index is 13.8. The summed E-state index contributed by atoms with van der Waals surface area (Å²) in [6.45, 7) is -6.82. The third kappa shape index (κ3) is 8.19. The number of fused-ring (bicyclic) bond motifs is 4. The first-order chi connectivity index (χ1) is 20.6. The molecule has 0 spiro atoms. The minimum atomic E-state index is -6.36. The fraction of sp³-hybridized carbons (Fsp3) is 0.760. The van der Waals surface area contributed by atoms with Gasteiger partial charge in [-0.1, -0.05) is 12.1 Å². The molecule has 2 aliphatic rings. The molecule has 20 heteroatoms. The van der Waals surface area contributed by atoms with Gasteiger partial charge in [-0.15, -0.1) is 0 Å². The standard InChI is InChI=1S/C25H32F12N4O4/c26-22(27,28)20(42,23(29,30)31)40-6-3-7-41(21(43,24(32,33)34)25(35,36)37)13-11-39-9-8-38(10-12-40)14-16-44-18-4-1-2-5-19(18)45-17-15-39/h1-2,4-5,42-43H,3,6-17H2. The fourth-order valence-corrected chi connectivity index (χ4v) is 5.10. The highest BCUT2D eigenvalue weighted by atomic mass is 19.4. The van der Waals surface area contributed by atoms with Crippen molar-refractivity contribution in [3.05, 3.63) is 24.3 Å². The molecule has 45 heavy (non-hydrogen) atoms. The Hall–Kier alpha value is -2.26. The molecule has 3 rings (SSSR count). The first-order valence-electron chi connectivity index (χ1n) is 13.6. The van der Waals surface area contributed by atoms with Crippen molar-refractivity contribution in [1.29, 1.82) is 0 Å². The van der Waals surface area contributed by atoms with Crippen molar-refractivity contribution in [3.63, 3.8) is 0 Å². The molecule has 1 saturated heterocycles. The summed E-state index contributed by atoms with van der Waals surface area (Å²) < 4.78 is 177. The predicted octanol–water partition coefficient (Wildman–Crippen LogP) is 3.70. The van der Waals surface area contributed by atoms with Gasteiger partial charge in [-0.3, -0.25) is 19.6 Å². The highest BCUT2D eigenvalue weighted by Crippen LogP contribution is 2.47. The van der Waals surface area contributed by atoms with E-state index in [1.54, 1.807) is 12.1 Å². The van der Waals surface area contributed by atoms with Crippen LogP contribution in [-0.4, -0.2) is 145 Å². The Labute approximate surface area is 249 Å². The van der Waals surface area contributed by atoms with Crippen LogP contribution < -0.4 is 9.47 Å². The lowest BCUT2D eigenvalue weighted by Crippen LogP contribution is -2.69. The smallest absolute Gasteiger partial charge is 0.440 e. The molecule has 0 amide bonds. The highest BCUT2D eigenvalue weighted by Gasteiger charge is 2.75. The Morgan fingerprint density at radius 3 is 1.09 bits per heavy atom. The molecule has 2 unspecified atom stereocenters. The molecule has 2 bridgehead atoms. The van der Waals surface area contributed by atoms with Crippen LogP contribution >= 0.6 is 0 Å². The van der Waals surface area contributed by atoms with E-state index in [0.29, 0.717) is 0 Å². The van der Waals surface area contributed by atoms with Crippen LogP contribution in [0.5, 0.6) is 11.5 Å². The summed E-state index contributed by atoms with van der Waals surface area (Å²) in [5, 5.41) is 20.1. The van der Waals surface area contributed by atoms with Crippen molar-refractivity contribution in [3.8, 4) is 11.5 Å². The summed E-state index contributed by atoms with van der Waals surface area (Å²) in [4.78, 5) is 1.85. The van der Waals surface area contributed by atoms with Gasteiger partial charge in [-0.25, -0.2) is 0 Å². The third-order valence-electron chi connectivity index (χ3n) is 7.64. The quantitative estimate of drug-likeness (QED) is 0.459. The number of ether oxygens (including phenoxy) is 2. The Bertz CT molecular complexity index is 989. The van der Waals surface area contributed by atoms with Gasteiger partial charge in [0.05, 0.1) is 0 Å². The summed E-state index contributed by atoms with van der Waals surface area (Å²) in [6, 6.07) is 6.23. The van der Waals surface area contributed by atoms with Crippen molar-refractivity contribution in [2.24, 2.45) is 0 Å². The highest BCUT2D eigenvalue weighted by molar-refractivity contribution is 5.39. The molecule has 2 aliphatic heterocycles. The molecule has 1 aromatic rings. The van der Waals surface area contributed by atoms with Crippen molar-refractivity contribution in [1.82, 2.24) is 19.6 Å². The van der Waals surface area contributed by atoms with Crippen LogP contribution in [0.15, 0.2) is 24.3 Å². The van der Waals surface area contributed by atoms with E-state index in [2.05, 4.69) is 0 Å². The average Bonchev–Trinajstić information content (AvgIpc) is 2.91. The first-order valence-corrected chi connectivity index (χ1v) is 13.6. The van der Waals surface area contributed by atoms with E-state index in [9.17, 15) is 62.9 Å². The second-order valence-electron chi connectivity index (χ2n) is 10.5. The molecule has 2 atom stereocenters. The van der Waals surface area contributed by atoms with Gasteiger partial charge in [0.1, 0.15) is 13.2 Å². The lowest BCUT2D eigenvalue weighted by molar-refractivity contribution is -0.419. The number of nitrogens with zero attached hydrogens (tertiary/aromatic N) is 4. The maximum Gasteiger partial charge on any atom is 0.440 e. The number of halogens is 12. The van der Waals surface area contributed by atoms with Crippen LogP contribution in [0, 0.1) is 0 Å². The van der Waals surface area contributed by atoms with Crippen LogP contribution in [0.2, 0.25) is 0 Å². The Morgan fingerprint density at radius 2 is 0.778 bits per heavy atom. The minimum absolute atomic E-state index is 0.0689. The maximum atomic E-state index is 13.8. The monoisotopic (exact) mass is 680 g/mol. The van der Waals surface area contributed by atoms with Gasteiger partial charge in [-0.2, -0.15) is 52.7 Å².